The lowest BCUT2D eigenvalue weighted by atomic mass is 10.1. The van der Waals surface area contributed by atoms with Gasteiger partial charge in [-0.1, -0.05) is 12.1 Å². The molecule has 1 aromatic carbocycles. The number of ether oxygens (including phenoxy) is 1. The molecule has 1 fully saturated rings. The van der Waals surface area contributed by atoms with E-state index in [1.54, 1.807) is 6.07 Å². The molecule has 0 aromatic heterocycles. The number of carbonyl (C=O) groups is 1. The number of carbonyl (C=O) groups excluding carboxylic acids is 1. The van der Waals surface area contributed by atoms with E-state index >= 15 is 0 Å². The molecule has 0 radical (unpaired) electrons. The average Bonchev–Trinajstić information content (AvgIpc) is 2.46. The van der Waals surface area contributed by atoms with Gasteiger partial charge in [-0.15, -0.1) is 0 Å². The fourth-order valence-corrected chi connectivity index (χ4v) is 2.20. The normalized spacial score (nSPS) is 18.2. The lowest BCUT2D eigenvalue weighted by Gasteiger charge is -2.34. The van der Waals surface area contributed by atoms with E-state index in [0.717, 1.165) is 31.9 Å². The van der Waals surface area contributed by atoms with Gasteiger partial charge in [-0.25, -0.2) is 4.79 Å². The van der Waals surface area contributed by atoms with Crippen LogP contribution in [-0.2, 0) is 9.53 Å². The Labute approximate surface area is 113 Å². The highest BCUT2D eigenvalue weighted by molar-refractivity contribution is 5.76. The maximum Gasteiger partial charge on any atom is 0.339 e. The molecule has 1 atom stereocenters. The monoisotopic (exact) mass is 264 g/mol. The van der Waals surface area contributed by atoms with Crippen LogP contribution in [0.4, 0.5) is 5.69 Å². The summed E-state index contributed by atoms with van der Waals surface area (Å²) in [7, 11) is 3.38. The SMILES string of the molecule is COC(=O)C(O)c1cccc(N2CCN(C)CC2)c1. The number of hydrogen-bond acceptors (Lipinski definition) is 5. The molecule has 1 saturated heterocycles. The topological polar surface area (TPSA) is 53.0 Å². The minimum atomic E-state index is -1.21. The molecule has 0 bridgehead atoms. The Balaban J connectivity index is 2.13. The molecule has 0 spiro atoms. The molecule has 5 nitrogen and oxygen atoms in total. The van der Waals surface area contributed by atoms with E-state index in [4.69, 9.17) is 0 Å². The Morgan fingerprint density at radius 3 is 2.63 bits per heavy atom. The van der Waals surface area contributed by atoms with E-state index in [2.05, 4.69) is 21.6 Å². The molecule has 1 unspecified atom stereocenters. The van der Waals surface area contributed by atoms with Crippen LogP contribution in [0.1, 0.15) is 11.7 Å². The summed E-state index contributed by atoms with van der Waals surface area (Å²) in [4.78, 5) is 15.9. The molecule has 5 heteroatoms. The second-order valence-corrected chi connectivity index (χ2v) is 4.81. The van der Waals surface area contributed by atoms with Crippen molar-refractivity contribution in [1.82, 2.24) is 4.90 Å². The smallest absolute Gasteiger partial charge is 0.339 e. The Kier molecular flexibility index (Phi) is 4.39. The van der Waals surface area contributed by atoms with Gasteiger partial charge in [0.15, 0.2) is 6.10 Å². The summed E-state index contributed by atoms with van der Waals surface area (Å²) < 4.78 is 4.56. The number of nitrogens with zero attached hydrogens (tertiary/aromatic N) is 2. The summed E-state index contributed by atoms with van der Waals surface area (Å²) in [5.41, 5.74) is 1.61. The quantitative estimate of drug-likeness (QED) is 0.812. The zero-order valence-electron chi connectivity index (χ0n) is 11.4. The van der Waals surface area contributed by atoms with Crippen molar-refractivity contribution < 1.29 is 14.6 Å². The number of likely N-dealkylation sites (N-methyl/N-ethyl adjacent to an activating group) is 1. The fourth-order valence-electron chi connectivity index (χ4n) is 2.20. The van der Waals surface area contributed by atoms with E-state index in [-0.39, 0.29) is 0 Å². The standard InChI is InChI=1S/C14H20N2O3/c1-15-6-8-16(9-7-15)12-5-3-4-11(10-12)13(17)14(18)19-2/h3-5,10,13,17H,6-9H2,1-2H3. The number of aliphatic hydroxyl groups is 1. The van der Waals surface area contributed by atoms with Crippen LogP contribution in [0, 0.1) is 0 Å². The van der Waals surface area contributed by atoms with Gasteiger partial charge >= 0.3 is 5.97 Å². The molecule has 1 aliphatic rings. The van der Waals surface area contributed by atoms with Crippen molar-refractivity contribution in [2.75, 3.05) is 45.2 Å². The van der Waals surface area contributed by atoms with Gasteiger partial charge in [0.05, 0.1) is 7.11 Å². The number of esters is 1. The first kappa shape index (κ1) is 13.8. The van der Waals surface area contributed by atoms with Gasteiger partial charge in [0.1, 0.15) is 0 Å². The maximum absolute atomic E-state index is 11.4. The lowest BCUT2D eigenvalue weighted by Crippen LogP contribution is -2.44. The molecule has 104 valence electrons. The van der Waals surface area contributed by atoms with Crippen LogP contribution < -0.4 is 4.90 Å². The zero-order chi connectivity index (χ0) is 13.8. The molecule has 0 amide bonds. The molecular formula is C14H20N2O3. The molecule has 2 rings (SSSR count). The summed E-state index contributed by atoms with van der Waals surface area (Å²) in [5.74, 6) is -0.629. The van der Waals surface area contributed by atoms with Crippen molar-refractivity contribution in [2.24, 2.45) is 0 Å². The first-order chi connectivity index (χ1) is 9.11. The zero-order valence-corrected chi connectivity index (χ0v) is 11.4. The van der Waals surface area contributed by atoms with Crippen molar-refractivity contribution in [1.29, 1.82) is 0 Å². The van der Waals surface area contributed by atoms with Crippen LogP contribution in [0.15, 0.2) is 24.3 Å². The van der Waals surface area contributed by atoms with Gasteiger partial charge in [-0.2, -0.15) is 0 Å². The van der Waals surface area contributed by atoms with Gasteiger partial charge in [0.2, 0.25) is 0 Å². The summed E-state index contributed by atoms with van der Waals surface area (Å²) in [5, 5.41) is 9.85. The lowest BCUT2D eigenvalue weighted by molar-refractivity contribution is -0.150. The average molecular weight is 264 g/mol. The van der Waals surface area contributed by atoms with Crippen LogP contribution in [0.3, 0.4) is 0 Å². The van der Waals surface area contributed by atoms with Crippen molar-refractivity contribution in [2.45, 2.75) is 6.10 Å². The predicted molar refractivity (Wildman–Crippen MR) is 73.1 cm³/mol. The number of benzene rings is 1. The third-order valence-electron chi connectivity index (χ3n) is 3.48. The second-order valence-electron chi connectivity index (χ2n) is 4.81. The molecule has 1 N–H and O–H groups in total. The van der Waals surface area contributed by atoms with Crippen molar-refractivity contribution >= 4 is 11.7 Å². The van der Waals surface area contributed by atoms with Gasteiger partial charge in [-0.3, -0.25) is 0 Å². The first-order valence-corrected chi connectivity index (χ1v) is 6.41. The van der Waals surface area contributed by atoms with Gasteiger partial charge in [0, 0.05) is 31.9 Å². The Hall–Kier alpha value is -1.59. The molecule has 19 heavy (non-hydrogen) atoms. The summed E-state index contributed by atoms with van der Waals surface area (Å²) in [6.45, 7) is 3.94. The maximum atomic E-state index is 11.4. The molecular weight excluding hydrogens is 244 g/mol. The number of rotatable bonds is 3. The fraction of sp³-hybridized carbons (Fsp3) is 0.500. The number of piperazine rings is 1. The number of aliphatic hydroxyl groups excluding tert-OH is 1. The van der Waals surface area contributed by atoms with Crippen molar-refractivity contribution in [3.63, 3.8) is 0 Å². The van der Waals surface area contributed by atoms with Crippen LogP contribution in [-0.4, -0.2) is 56.3 Å². The molecule has 1 aromatic rings. The Bertz CT molecular complexity index is 442. The molecule has 0 aliphatic carbocycles. The van der Waals surface area contributed by atoms with Crippen LogP contribution >= 0.6 is 0 Å². The number of hydrogen-bond donors (Lipinski definition) is 1. The van der Waals surface area contributed by atoms with Crippen LogP contribution in [0.5, 0.6) is 0 Å². The highest BCUT2D eigenvalue weighted by Crippen LogP contribution is 2.22. The van der Waals surface area contributed by atoms with E-state index in [9.17, 15) is 9.90 Å². The van der Waals surface area contributed by atoms with E-state index in [1.807, 2.05) is 18.2 Å². The Morgan fingerprint density at radius 2 is 2.00 bits per heavy atom. The third-order valence-corrected chi connectivity index (χ3v) is 3.48. The van der Waals surface area contributed by atoms with Crippen molar-refractivity contribution in [3.05, 3.63) is 29.8 Å². The number of methoxy groups -OCH3 is 1. The van der Waals surface area contributed by atoms with Crippen molar-refractivity contribution in [3.8, 4) is 0 Å². The molecule has 0 saturated carbocycles. The first-order valence-electron chi connectivity index (χ1n) is 6.41. The van der Waals surface area contributed by atoms with Gasteiger partial charge < -0.3 is 19.6 Å². The van der Waals surface area contributed by atoms with Gasteiger partial charge in [0.25, 0.3) is 0 Å². The van der Waals surface area contributed by atoms with E-state index in [1.165, 1.54) is 7.11 Å². The van der Waals surface area contributed by atoms with E-state index < -0.39 is 12.1 Å². The van der Waals surface area contributed by atoms with E-state index in [0.29, 0.717) is 5.56 Å². The number of anilines is 1. The molecule has 1 aliphatic heterocycles. The largest absolute Gasteiger partial charge is 0.467 e. The van der Waals surface area contributed by atoms with Crippen LogP contribution in [0.25, 0.3) is 0 Å². The van der Waals surface area contributed by atoms with Gasteiger partial charge in [-0.05, 0) is 24.7 Å². The Morgan fingerprint density at radius 1 is 1.32 bits per heavy atom. The van der Waals surface area contributed by atoms with Crippen LogP contribution in [0.2, 0.25) is 0 Å². The summed E-state index contributed by atoms with van der Waals surface area (Å²) in [6.07, 6.45) is -1.21. The minimum absolute atomic E-state index is 0.572. The highest BCUT2D eigenvalue weighted by atomic mass is 16.5. The molecule has 1 heterocycles. The predicted octanol–water partition coefficient (Wildman–Crippen LogP) is 0.645. The summed E-state index contributed by atoms with van der Waals surface area (Å²) >= 11 is 0. The second kappa shape index (κ2) is 6.04. The summed E-state index contributed by atoms with van der Waals surface area (Å²) in [6, 6.07) is 7.45. The third kappa shape index (κ3) is 3.24. The minimum Gasteiger partial charge on any atom is -0.467 e. The highest BCUT2D eigenvalue weighted by Gasteiger charge is 2.20.